The van der Waals surface area contributed by atoms with Gasteiger partial charge in [0.2, 0.25) is 0 Å². The molecule has 0 heterocycles. The van der Waals surface area contributed by atoms with E-state index in [1.54, 1.807) is 0 Å². The zero-order valence-corrected chi connectivity index (χ0v) is 9.10. The lowest BCUT2D eigenvalue weighted by molar-refractivity contribution is -0.143. The van der Waals surface area contributed by atoms with E-state index >= 15 is 0 Å². The molecule has 1 atom stereocenters. The highest BCUT2D eigenvalue weighted by atomic mass is 16.4. The van der Waals surface area contributed by atoms with Crippen LogP contribution >= 0.6 is 0 Å². The summed E-state index contributed by atoms with van der Waals surface area (Å²) in [5, 5.41) is 9.09. The van der Waals surface area contributed by atoms with Gasteiger partial charge in [0.05, 0.1) is 5.92 Å². The molecular formula is C12H17NO2. The van der Waals surface area contributed by atoms with E-state index in [0.717, 1.165) is 5.56 Å². The van der Waals surface area contributed by atoms with E-state index < -0.39 is 17.3 Å². The van der Waals surface area contributed by atoms with Crippen molar-refractivity contribution < 1.29 is 9.90 Å². The Labute approximate surface area is 89.9 Å². The molecule has 1 aromatic carbocycles. The van der Waals surface area contributed by atoms with Gasteiger partial charge in [-0.1, -0.05) is 44.2 Å². The first kappa shape index (κ1) is 11.7. The smallest absolute Gasteiger partial charge is 0.308 e. The molecule has 1 aromatic rings. The van der Waals surface area contributed by atoms with Gasteiger partial charge >= 0.3 is 5.97 Å². The molecular weight excluding hydrogens is 190 g/mol. The Morgan fingerprint density at radius 2 is 1.93 bits per heavy atom. The van der Waals surface area contributed by atoms with Gasteiger partial charge in [-0.15, -0.1) is 0 Å². The molecule has 0 aliphatic carbocycles. The maximum Gasteiger partial charge on any atom is 0.308 e. The van der Waals surface area contributed by atoms with Gasteiger partial charge in [-0.25, -0.2) is 0 Å². The van der Waals surface area contributed by atoms with Gasteiger partial charge < -0.3 is 10.8 Å². The number of aliphatic carboxylic acids is 1. The highest BCUT2D eigenvalue weighted by Crippen LogP contribution is 2.31. The fourth-order valence-corrected chi connectivity index (χ4v) is 1.77. The van der Waals surface area contributed by atoms with E-state index in [2.05, 4.69) is 0 Å². The van der Waals surface area contributed by atoms with Crippen molar-refractivity contribution in [2.24, 2.45) is 11.7 Å². The lowest BCUT2D eigenvalue weighted by atomic mass is 9.73. The quantitative estimate of drug-likeness (QED) is 0.788. The van der Waals surface area contributed by atoms with Gasteiger partial charge in [-0.2, -0.15) is 0 Å². The predicted molar refractivity (Wildman–Crippen MR) is 59.6 cm³/mol. The Balaban J connectivity index is 3.05. The third kappa shape index (κ3) is 2.36. The average molecular weight is 207 g/mol. The van der Waals surface area contributed by atoms with Crippen molar-refractivity contribution >= 4 is 5.97 Å². The number of carboxylic acids is 1. The van der Waals surface area contributed by atoms with Gasteiger partial charge in [-0.3, -0.25) is 4.79 Å². The molecule has 1 unspecified atom stereocenters. The Morgan fingerprint density at radius 3 is 2.33 bits per heavy atom. The zero-order chi connectivity index (χ0) is 11.5. The largest absolute Gasteiger partial charge is 0.481 e. The number of hydrogen-bond donors (Lipinski definition) is 2. The predicted octanol–water partition coefficient (Wildman–Crippen LogP) is 1.62. The van der Waals surface area contributed by atoms with Crippen LogP contribution < -0.4 is 5.73 Å². The summed E-state index contributed by atoms with van der Waals surface area (Å²) < 4.78 is 0. The van der Waals surface area contributed by atoms with Crippen molar-refractivity contribution in [2.75, 3.05) is 6.54 Å². The molecule has 0 aliphatic heterocycles. The fourth-order valence-electron chi connectivity index (χ4n) is 1.77. The second-order valence-corrected chi connectivity index (χ2v) is 4.21. The molecule has 82 valence electrons. The molecule has 0 aliphatic rings. The van der Waals surface area contributed by atoms with Gasteiger partial charge in [0.1, 0.15) is 0 Å². The molecule has 0 fully saturated rings. The first-order chi connectivity index (χ1) is 7.00. The van der Waals surface area contributed by atoms with Gasteiger partial charge in [0.15, 0.2) is 0 Å². The van der Waals surface area contributed by atoms with Gasteiger partial charge in [0, 0.05) is 12.0 Å². The molecule has 0 spiro atoms. The molecule has 3 heteroatoms. The molecule has 15 heavy (non-hydrogen) atoms. The Morgan fingerprint density at radius 1 is 1.40 bits per heavy atom. The molecule has 0 radical (unpaired) electrons. The molecule has 0 saturated heterocycles. The minimum atomic E-state index is -0.841. The number of carbonyl (C=O) groups is 1. The summed E-state index contributed by atoms with van der Waals surface area (Å²) in [7, 11) is 0. The van der Waals surface area contributed by atoms with Crippen LogP contribution in [0.5, 0.6) is 0 Å². The molecule has 3 N–H and O–H groups in total. The lowest BCUT2D eigenvalue weighted by Gasteiger charge is -2.31. The highest BCUT2D eigenvalue weighted by Gasteiger charge is 2.35. The monoisotopic (exact) mass is 207 g/mol. The van der Waals surface area contributed by atoms with Crippen LogP contribution in [0.1, 0.15) is 19.4 Å². The first-order valence-corrected chi connectivity index (χ1v) is 4.98. The second-order valence-electron chi connectivity index (χ2n) is 4.21. The number of rotatable bonds is 4. The standard InChI is InChI=1S/C12H17NO2/c1-12(2,10(8-13)11(14)15)9-6-4-3-5-7-9/h3-7,10H,8,13H2,1-2H3,(H,14,15). The Hall–Kier alpha value is -1.35. The van der Waals surface area contributed by atoms with Gasteiger partial charge in [-0.05, 0) is 5.56 Å². The molecule has 0 amide bonds. The highest BCUT2D eigenvalue weighted by molar-refractivity contribution is 5.72. The van der Waals surface area contributed by atoms with Crippen LogP contribution in [-0.2, 0) is 10.2 Å². The van der Waals surface area contributed by atoms with Crippen LogP contribution in [0.4, 0.5) is 0 Å². The summed E-state index contributed by atoms with van der Waals surface area (Å²) in [6, 6.07) is 9.61. The minimum absolute atomic E-state index is 0.150. The van der Waals surface area contributed by atoms with Crippen LogP contribution in [0, 0.1) is 5.92 Å². The Kier molecular flexibility index (Phi) is 3.48. The van der Waals surface area contributed by atoms with Crippen LogP contribution in [-0.4, -0.2) is 17.6 Å². The van der Waals surface area contributed by atoms with Crippen LogP contribution in [0.2, 0.25) is 0 Å². The van der Waals surface area contributed by atoms with Crippen molar-refractivity contribution in [3.8, 4) is 0 Å². The summed E-state index contributed by atoms with van der Waals surface area (Å²) in [5.74, 6) is -1.40. The summed E-state index contributed by atoms with van der Waals surface area (Å²) in [6.45, 7) is 3.97. The van der Waals surface area contributed by atoms with Crippen LogP contribution in [0.3, 0.4) is 0 Å². The third-order valence-electron chi connectivity index (χ3n) is 2.92. The normalized spacial score (nSPS) is 13.5. The SMILES string of the molecule is CC(C)(c1ccccc1)C(CN)C(=O)O. The topological polar surface area (TPSA) is 63.3 Å². The molecule has 1 rings (SSSR count). The van der Waals surface area contributed by atoms with E-state index in [4.69, 9.17) is 10.8 Å². The van der Waals surface area contributed by atoms with E-state index in [-0.39, 0.29) is 6.54 Å². The van der Waals surface area contributed by atoms with Crippen LogP contribution in [0.25, 0.3) is 0 Å². The van der Waals surface area contributed by atoms with E-state index in [1.807, 2.05) is 44.2 Å². The maximum absolute atomic E-state index is 11.1. The molecule has 0 saturated carbocycles. The summed E-state index contributed by atoms with van der Waals surface area (Å²) in [5.41, 5.74) is 6.08. The summed E-state index contributed by atoms with van der Waals surface area (Å²) in [4.78, 5) is 11.1. The van der Waals surface area contributed by atoms with Crippen molar-refractivity contribution in [1.82, 2.24) is 0 Å². The molecule has 3 nitrogen and oxygen atoms in total. The number of nitrogens with two attached hydrogens (primary N) is 1. The van der Waals surface area contributed by atoms with Gasteiger partial charge in [0.25, 0.3) is 0 Å². The lowest BCUT2D eigenvalue weighted by Crippen LogP contribution is -2.39. The average Bonchev–Trinajstić information content (AvgIpc) is 2.19. The number of benzene rings is 1. The summed E-state index contributed by atoms with van der Waals surface area (Å²) in [6.07, 6.45) is 0. The Bertz CT molecular complexity index is 333. The molecule has 0 bridgehead atoms. The van der Waals surface area contributed by atoms with Crippen molar-refractivity contribution in [3.63, 3.8) is 0 Å². The fraction of sp³-hybridized carbons (Fsp3) is 0.417. The third-order valence-corrected chi connectivity index (χ3v) is 2.92. The summed E-state index contributed by atoms with van der Waals surface area (Å²) >= 11 is 0. The van der Waals surface area contributed by atoms with Crippen molar-refractivity contribution in [3.05, 3.63) is 35.9 Å². The van der Waals surface area contributed by atoms with Crippen molar-refractivity contribution in [2.45, 2.75) is 19.3 Å². The molecule has 0 aromatic heterocycles. The number of carboxylic acid groups (broad SMARTS) is 1. The van der Waals surface area contributed by atoms with E-state index in [9.17, 15) is 4.79 Å². The van der Waals surface area contributed by atoms with E-state index in [1.165, 1.54) is 0 Å². The zero-order valence-electron chi connectivity index (χ0n) is 9.10. The number of hydrogen-bond acceptors (Lipinski definition) is 2. The first-order valence-electron chi connectivity index (χ1n) is 4.98. The van der Waals surface area contributed by atoms with Crippen LogP contribution in [0.15, 0.2) is 30.3 Å². The second kappa shape index (κ2) is 4.45. The minimum Gasteiger partial charge on any atom is -0.481 e. The van der Waals surface area contributed by atoms with E-state index in [0.29, 0.717) is 0 Å². The maximum atomic E-state index is 11.1. The van der Waals surface area contributed by atoms with Crippen molar-refractivity contribution in [1.29, 1.82) is 0 Å².